The molecule has 1 amide bonds. The Hall–Kier alpha value is -2.44. The first-order valence-electron chi connectivity index (χ1n) is 10.5. The molecule has 6 heteroatoms. The molecule has 1 aromatic heterocycles. The maximum absolute atomic E-state index is 12.5. The molecule has 2 aliphatic rings. The Kier molecular flexibility index (Phi) is 6.19. The molecule has 0 aliphatic carbocycles. The average Bonchev–Trinajstić information content (AvgIpc) is 3.16. The Labute approximate surface area is 167 Å². The van der Waals surface area contributed by atoms with Gasteiger partial charge in [-0.05, 0) is 6.07 Å². The van der Waals surface area contributed by atoms with Crippen molar-refractivity contribution in [1.29, 1.82) is 0 Å². The van der Waals surface area contributed by atoms with Crippen molar-refractivity contribution in [2.45, 2.75) is 19.0 Å². The van der Waals surface area contributed by atoms with Crippen LogP contribution in [0, 0.1) is 0 Å². The van der Waals surface area contributed by atoms with Crippen LogP contribution in [-0.4, -0.2) is 57.8 Å². The third-order valence-electron chi connectivity index (χ3n) is 5.96. The highest BCUT2D eigenvalue weighted by Crippen LogP contribution is 2.04. The number of aromatic nitrogens is 1. The number of carbonyl (C=O) groups is 1. The fourth-order valence-electron chi connectivity index (χ4n) is 4.43. The van der Waals surface area contributed by atoms with Crippen molar-refractivity contribution >= 4 is 11.7 Å². The average molecular weight is 383 g/mol. The van der Waals surface area contributed by atoms with Crippen molar-refractivity contribution in [3.8, 4) is 0 Å². The predicted octanol–water partition coefficient (Wildman–Crippen LogP) is -1.82. The molecule has 148 valence electrons. The SMILES string of the molecule is O=C(C[NH+]1CCN(c2cccc[nH+]2)CC1)N[C@@H]1CC[NH+](Cc2ccccc2)C1. The van der Waals surface area contributed by atoms with E-state index >= 15 is 0 Å². The van der Waals surface area contributed by atoms with Gasteiger partial charge >= 0.3 is 0 Å². The van der Waals surface area contributed by atoms with Gasteiger partial charge in [-0.3, -0.25) is 9.69 Å². The summed E-state index contributed by atoms with van der Waals surface area (Å²) in [7, 11) is 0. The third kappa shape index (κ3) is 5.09. The monoisotopic (exact) mass is 382 g/mol. The molecule has 0 bridgehead atoms. The second-order valence-corrected chi connectivity index (χ2v) is 8.08. The van der Waals surface area contributed by atoms with Gasteiger partial charge in [0.1, 0.15) is 32.7 Å². The van der Waals surface area contributed by atoms with Gasteiger partial charge in [0, 0.05) is 18.1 Å². The van der Waals surface area contributed by atoms with E-state index in [0.29, 0.717) is 12.6 Å². The fourth-order valence-corrected chi connectivity index (χ4v) is 4.43. The number of benzene rings is 1. The van der Waals surface area contributed by atoms with Crippen LogP contribution in [0.25, 0.3) is 0 Å². The van der Waals surface area contributed by atoms with E-state index in [-0.39, 0.29) is 5.91 Å². The van der Waals surface area contributed by atoms with Crippen LogP contribution in [0.5, 0.6) is 0 Å². The summed E-state index contributed by atoms with van der Waals surface area (Å²) in [4.78, 5) is 21.1. The van der Waals surface area contributed by atoms with Crippen molar-refractivity contribution in [3.05, 3.63) is 60.3 Å². The number of rotatable bonds is 6. The zero-order valence-corrected chi connectivity index (χ0v) is 16.5. The number of nitrogens with zero attached hydrogens (tertiary/aromatic N) is 1. The second kappa shape index (κ2) is 9.17. The van der Waals surface area contributed by atoms with Crippen LogP contribution in [0.15, 0.2) is 54.7 Å². The highest BCUT2D eigenvalue weighted by Gasteiger charge is 2.30. The first kappa shape index (κ1) is 18.9. The fraction of sp³-hybridized carbons (Fsp3) is 0.455. The predicted molar refractivity (Wildman–Crippen MR) is 108 cm³/mol. The summed E-state index contributed by atoms with van der Waals surface area (Å²) in [5.74, 6) is 1.37. The highest BCUT2D eigenvalue weighted by atomic mass is 16.2. The van der Waals surface area contributed by atoms with Gasteiger partial charge in [-0.15, -0.1) is 0 Å². The molecule has 1 aromatic carbocycles. The van der Waals surface area contributed by atoms with Gasteiger partial charge in [0.15, 0.2) is 6.54 Å². The standard InChI is InChI=1S/C22H29N5O/c28-22(18-25-12-14-27(15-13-25)21-8-4-5-10-23-21)24-20-9-11-26(17-20)16-19-6-2-1-3-7-19/h1-8,10,20H,9,11-18H2,(H,24,28)/p+3/t20-/m1/s1. The van der Waals surface area contributed by atoms with E-state index < -0.39 is 0 Å². The zero-order valence-electron chi connectivity index (χ0n) is 16.5. The molecule has 0 spiro atoms. The lowest BCUT2D eigenvalue weighted by atomic mass is 10.2. The summed E-state index contributed by atoms with van der Waals surface area (Å²) in [6.45, 7) is 7.81. The Balaban J connectivity index is 1.17. The number of likely N-dealkylation sites (tertiary alicyclic amines) is 1. The van der Waals surface area contributed by atoms with E-state index in [0.717, 1.165) is 52.2 Å². The number of nitrogens with one attached hydrogen (secondary N) is 4. The van der Waals surface area contributed by atoms with Gasteiger partial charge in [0.05, 0.1) is 25.3 Å². The normalized spacial score (nSPS) is 22.9. The van der Waals surface area contributed by atoms with Crippen LogP contribution in [-0.2, 0) is 11.3 Å². The summed E-state index contributed by atoms with van der Waals surface area (Å²) in [6.07, 6.45) is 3.05. The van der Waals surface area contributed by atoms with Crippen molar-refractivity contribution in [2.24, 2.45) is 0 Å². The molecule has 2 saturated heterocycles. The zero-order chi connectivity index (χ0) is 19.2. The number of aromatic amines is 1. The largest absolute Gasteiger partial charge is 0.343 e. The molecular formula is C22H32N5O+3. The Bertz CT molecular complexity index is 740. The minimum atomic E-state index is 0.209. The van der Waals surface area contributed by atoms with Crippen LogP contribution >= 0.6 is 0 Å². The van der Waals surface area contributed by atoms with Gasteiger partial charge in [0.25, 0.3) is 11.7 Å². The van der Waals surface area contributed by atoms with Gasteiger partial charge in [0.2, 0.25) is 0 Å². The number of hydrogen-bond acceptors (Lipinski definition) is 2. The third-order valence-corrected chi connectivity index (χ3v) is 5.96. The van der Waals surface area contributed by atoms with Crippen molar-refractivity contribution < 1.29 is 19.6 Å². The molecule has 0 saturated carbocycles. The van der Waals surface area contributed by atoms with E-state index in [4.69, 9.17) is 0 Å². The summed E-state index contributed by atoms with van der Waals surface area (Å²) in [6, 6.07) is 17.1. The van der Waals surface area contributed by atoms with Crippen LogP contribution < -0.4 is 25.0 Å². The Morgan fingerprint density at radius 1 is 1.04 bits per heavy atom. The van der Waals surface area contributed by atoms with Gasteiger partial charge in [-0.25, -0.2) is 4.98 Å². The van der Waals surface area contributed by atoms with Gasteiger partial charge in [-0.2, -0.15) is 0 Å². The number of amides is 1. The number of piperazine rings is 1. The molecule has 4 rings (SSSR count). The molecule has 0 radical (unpaired) electrons. The van der Waals surface area contributed by atoms with Gasteiger partial charge < -0.3 is 15.1 Å². The second-order valence-electron chi connectivity index (χ2n) is 8.08. The van der Waals surface area contributed by atoms with Crippen molar-refractivity contribution in [1.82, 2.24) is 5.32 Å². The van der Waals surface area contributed by atoms with E-state index in [1.807, 2.05) is 12.3 Å². The maximum atomic E-state index is 12.5. The highest BCUT2D eigenvalue weighted by molar-refractivity contribution is 5.77. The summed E-state index contributed by atoms with van der Waals surface area (Å²) < 4.78 is 0. The van der Waals surface area contributed by atoms with Crippen LogP contribution in [0.3, 0.4) is 0 Å². The number of pyridine rings is 1. The van der Waals surface area contributed by atoms with E-state index in [1.165, 1.54) is 16.3 Å². The van der Waals surface area contributed by atoms with E-state index in [2.05, 4.69) is 57.7 Å². The summed E-state index contributed by atoms with van der Waals surface area (Å²) in [5, 5.41) is 3.28. The lowest BCUT2D eigenvalue weighted by molar-refractivity contribution is -0.901. The summed E-state index contributed by atoms with van der Waals surface area (Å²) in [5.41, 5.74) is 1.38. The molecule has 4 N–H and O–H groups in total. The first-order valence-corrected chi connectivity index (χ1v) is 10.5. The van der Waals surface area contributed by atoms with Crippen molar-refractivity contribution in [3.63, 3.8) is 0 Å². The Morgan fingerprint density at radius 2 is 1.82 bits per heavy atom. The van der Waals surface area contributed by atoms with E-state index in [1.54, 1.807) is 4.90 Å². The molecule has 28 heavy (non-hydrogen) atoms. The minimum Gasteiger partial charge on any atom is -0.343 e. The van der Waals surface area contributed by atoms with Gasteiger partial charge in [-0.1, -0.05) is 36.4 Å². The molecular weight excluding hydrogens is 350 g/mol. The molecule has 2 aliphatic heterocycles. The molecule has 6 nitrogen and oxygen atoms in total. The number of H-pyrrole nitrogens is 1. The Morgan fingerprint density at radius 3 is 2.57 bits per heavy atom. The lowest BCUT2D eigenvalue weighted by Crippen LogP contribution is -3.16. The van der Waals surface area contributed by atoms with Crippen LogP contribution in [0.4, 0.5) is 5.82 Å². The number of quaternary nitrogens is 2. The molecule has 2 atom stereocenters. The smallest absolute Gasteiger partial charge is 0.275 e. The topological polar surface area (TPSA) is 55.4 Å². The minimum absolute atomic E-state index is 0.209. The quantitative estimate of drug-likeness (QED) is 0.551. The molecule has 3 heterocycles. The maximum Gasteiger partial charge on any atom is 0.275 e. The van der Waals surface area contributed by atoms with Crippen LogP contribution in [0.2, 0.25) is 0 Å². The van der Waals surface area contributed by atoms with E-state index in [9.17, 15) is 4.79 Å². The number of hydrogen-bond donors (Lipinski definition) is 3. The molecule has 2 aromatic rings. The first-order chi connectivity index (χ1) is 13.8. The number of carbonyl (C=O) groups excluding carboxylic acids is 1. The molecule has 2 fully saturated rings. The number of anilines is 1. The van der Waals surface area contributed by atoms with Crippen molar-refractivity contribution in [2.75, 3.05) is 50.7 Å². The van der Waals surface area contributed by atoms with Crippen LogP contribution in [0.1, 0.15) is 12.0 Å². The lowest BCUT2D eigenvalue weighted by Gasteiger charge is -2.28. The molecule has 1 unspecified atom stereocenters. The summed E-state index contributed by atoms with van der Waals surface area (Å²) >= 11 is 0.